The molecule has 3 aromatic rings. The molecular formula is C17H13BrClNO. The predicted octanol–water partition coefficient (Wildman–Crippen LogP) is 5.13. The zero-order valence-corrected chi connectivity index (χ0v) is 14.0. The second-order valence-electron chi connectivity index (χ2n) is 5.13. The van der Waals surface area contributed by atoms with Gasteiger partial charge in [-0.15, -0.1) is 0 Å². The van der Waals surface area contributed by atoms with E-state index in [9.17, 15) is 4.79 Å². The monoisotopic (exact) mass is 361 g/mol. The summed E-state index contributed by atoms with van der Waals surface area (Å²) in [6.07, 6.45) is 1.86. The fourth-order valence-electron chi connectivity index (χ4n) is 2.49. The van der Waals surface area contributed by atoms with E-state index in [1.807, 2.05) is 42.9 Å². The Bertz CT molecular complexity index is 867. The fraction of sp³-hybridized carbons (Fsp3) is 0.118. The van der Waals surface area contributed by atoms with Gasteiger partial charge in [0.15, 0.2) is 5.78 Å². The molecule has 0 bridgehead atoms. The molecular weight excluding hydrogens is 350 g/mol. The molecule has 0 saturated heterocycles. The first-order chi connectivity index (χ1) is 9.97. The lowest BCUT2D eigenvalue weighted by Gasteiger charge is -2.03. The average molecular weight is 363 g/mol. The molecule has 2 nitrogen and oxygen atoms in total. The molecule has 106 valence electrons. The van der Waals surface area contributed by atoms with E-state index in [2.05, 4.69) is 22.0 Å². The van der Waals surface area contributed by atoms with Crippen LogP contribution in [0.3, 0.4) is 0 Å². The Morgan fingerprint density at radius 2 is 1.90 bits per heavy atom. The molecule has 1 aromatic heterocycles. The maximum Gasteiger partial charge on any atom is 0.196 e. The third-order valence-electron chi connectivity index (χ3n) is 3.56. The Labute approximate surface area is 136 Å². The summed E-state index contributed by atoms with van der Waals surface area (Å²) >= 11 is 9.56. The van der Waals surface area contributed by atoms with Crippen LogP contribution in [0.4, 0.5) is 0 Å². The fourth-order valence-corrected chi connectivity index (χ4v) is 3.06. The molecule has 3 rings (SSSR count). The van der Waals surface area contributed by atoms with Gasteiger partial charge >= 0.3 is 0 Å². The number of rotatable bonds is 2. The maximum absolute atomic E-state index is 12.8. The molecule has 0 atom stereocenters. The van der Waals surface area contributed by atoms with E-state index in [1.54, 1.807) is 12.1 Å². The lowest BCUT2D eigenvalue weighted by Crippen LogP contribution is -2.01. The van der Waals surface area contributed by atoms with E-state index in [4.69, 9.17) is 11.6 Å². The molecule has 0 radical (unpaired) electrons. The Morgan fingerprint density at radius 1 is 1.14 bits per heavy atom. The topological polar surface area (TPSA) is 22.0 Å². The van der Waals surface area contributed by atoms with Gasteiger partial charge < -0.3 is 4.57 Å². The first-order valence-corrected chi connectivity index (χ1v) is 7.70. The minimum atomic E-state index is -0.0595. The SMILES string of the molecule is Cc1ccc2c(C(=O)c3cc(Br)ccc3Cl)cn(C)c2c1. The number of carbonyl (C=O) groups excluding carboxylic acids is 1. The van der Waals surface area contributed by atoms with Crippen LogP contribution in [-0.4, -0.2) is 10.4 Å². The number of benzene rings is 2. The second-order valence-corrected chi connectivity index (χ2v) is 6.45. The molecule has 0 N–H and O–H groups in total. The normalized spacial score (nSPS) is 11.0. The van der Waals surface area contributed by atoms with Gasteiger partial charge in [-0.1, -0.05) is 39.7 Å². The van der Waals surface area contributed by atoms with Gasteiger partial charge in [0.2, 0.25) is 0 Å². The summed E-state index contributed by atoms with van der Waals surface area (Å²) in [5, 5.41) is 1.41. The van der Waals surface area contributed by atoms with Crippen molar-refractivity contribution in [1.29, 1.82) is 0 Å². The van der Waals surface area contributed by atoms with Gasteiger partial charge in [-0.05, 0) is 36.8 Å². The van der Waals surface area contributed by atoms with Crippen LogP contribution in [0.2, 0.25) is 5.02 Å². The molecule has 21 heavy (non-hydrogen) atoms. The molecule has 0 aliphatic carbocycles. The number of fused-ring (bicyclic) bond motifs is 1. The minimum Gasteiger partial charge on any atom is -0.350 e. The second kappa shape index (κ2) is 5.32. The van der Waals surface area contributed by atoms with Gasteiger partial charge in [-0.3, -0.25) is 4.79 Å². The van der Waals surface area contributed by atoms with Gasteiger partial charge in [0.1, 0.15) is 0 Å². The highest BCUT2D eigenvalue weighted by Gasteiger charge is 2.18. The van der Waals surface area contributed by atoms with E-state index in [0.29, 0.717) is 16.1 Å². The van der Waals surface area contributed by atoms with Crippen LogP contribution in [0, 0.1) is 6.92 Å². The van der Waals surface area contributed by atoms with Crippen molar-refractivity contribution in [2.75, 3.05) is 0 Å². The Morgan fingerprint density at radius 3 is 2.67 bits per heavy atom. The number of ketones is 1. The molecule has 0 fully saturated rings. The van der Waals surface area contributed by atoms with Crippen LogP contribution < -0.4 is 0 Å². The zero-order chi connectivity index (χ0) is 15.1. The van der Waals surface area contributed by atoms with Crippen molar-refractivity contribution in [1.82, 2.24) is 4.57 Å². The maximum atomic E-state index is 12.8. The van der Waals surface area contributed by atoms with Crippen molar-refractivity contribution in [2.24, 2.45) is 7.05 Å². The highest BCUT2D eigenvalue weighted by Crippen LogP contribution is 2.28. The smallest absolute Gasteiger partial charge is 0.196 e. The minimum absolute atomic E-state index is 0.0595. The Balaban J connectivity index is 2.21. The highest BCUT2D eigenvalue weighted by molar-refractivity contribution is 9.10. The zero-order valence-electron chi connectivity index (χ0n) is 11.7. The molecule has 0 spiro atoms. The van der Waals surface area contributed by atoms with Crippen LogP contribution >= 0.6 is 27.5 Å². The van der Waals surface area contributed by atoms with E-state index in [1.165, 1.54) is 5.56 Å². The van der Waals surface area contributed by atoms with Gasteiger partial charge in [-0.2, -0.15) is 0 Å². The summed E-state index contributed by atoms with van der Waals surface area (Å²) in [6, 6.07) is 11.4. The predicted molar refractivity (Wildman–Crippen MR) is 90.2 cm³/mol. The third kappa shape index (κ3) is 2.52. The molecule has 2 aromatic carbocycles. The van der Waals surface area contributed by atoms with Gasteiger partial charge in [0, 0.05) is 39.7 Å². The summed E-state index contributed by atoms with van der Waals surface area (Å²) in [4.78, 5) is 12.8. The van der Waals surface area contributed by atoms with E-state index in [0.717, 1.165) is 15.4 Å². The van der Waals surface area contributed by atoms with E-state index in [-0.39, 0.29) is 5.78 Å². The van der Waals surface area contributed by atoms with Crippen LogP contribution in [0.1, 0.15) is 21.5 Å². The number of aryl methyl sites for hydroxylation is 2. The van der Waals surface area contributed by atoms with Crippen molar-refractivity contribution in [3.63, 3.8) is 0 Å². The molecule has 0 aliphatic rings. The van der Waals surface area contributed by atoms with Crippen LogP contribution in [-0.2, 0) is 7.05 Å². The average Bonchev–Trinajstić information content (AvgIpc) is 2.78. The van der Waals surface area contributed by atoms with Crippen LogP contribution in [0.25, 0.3) is 10.9 Å². The molecule has 0 amide bonds. The summed E-state index contributed by atoms with van der Waals surface area (Å²) < 4.78 is 2.81. The number of halogens is 2. The number of hydrogen-bond donors (Lipinski definition) is 0. The first-order valence-electron chi connectivity index (χ1n) is 6.53. The van der Waals surface area contributed by atoms with Crippen LogP contribution in [0.15, 0.2) is 47.1 Å². The number of carbonyl (C=O) groups is 1. The van der Waals surface area contributed by atoms with Crippen molar-refractivity contribution < 1.29 is 4.79 Å². The van der Waals surface area contributed by atoms with Gasteiger partial charge in [0.25, 0.3) is 0 Å². The standard InChI is InChI=1S/C17H13BrClNO/c1-10-3-5-12-14(9-20(2)16(12)7-10)17(21)13-8-11(18)4-6-15(13)19/h3-9H,1-2H3. The molecule has 4 heteroatoms. The van der Waals surface area contributed by atoms with Gasteiger partial charge in [-0.25, -0.2) is 0 Å². The van der Waals surface area contributed by atoms with E-state index >= 15 is 0 Å². The number of nitrogens with zero attached hydrogens (tertiary/aromatic N) is 1. The molecule has 0 aliphatic heterocycles. The first kappa shape index (κ1) is 14.4. The van der Waals surface area contributed by atoms with Crippen molar-refractivity contribution in [3.8, 4) is 0 Å². The summed E-state index contributed by atoms with van der Waals surface area (Å²) in [6.45, 7) is 2.04. The van der Waals surface area contributed by atoms with Crippen LogP contribution in [0.5, 0.6) is 0 Å². The lowest BCUT2D eigenvalue weighted by atomic mass is 10.0. The Kier molecular flexibility index (Phi) is 3.64. The molecule has 0 unspecified atom stereocenters. The summed E-state index contributed by atoms with van der Waals surface area (Å²) in [7, 11) is 1.95. The van der Waals surface area contributed by atoms with Crippen molar-refractivity contribution in [3.05, 3.63) is 68.8 Å². The molecule has 1 heterocycles. The highest BCUT2D eigenvalue weighted by atomic mass is 79.9. The number of hydrogen-bond acceptors (Lipinski definition) is 1. The van der Waals surface area contributed by atoms with E-state index < -0.39 is 0 Å². The quantitative estimate of drug-likeness (QED) is 0.579. The summed E-state index contributed by atoms with van der Waals surface area (Å²) in [5.41, 5.74) is 3.40. The van der Waals surface area contributed by atoms with Crippen molar-refractivity contribution >= 4 is 44.2 Å². The lowest BCUT2D eigenvalue weighted by molar-refractivity contribution is 0.104. The third-order valence-corrected chi connectivity index (χ3v) is 4.39. The number of aromatic nitrogens is 1. The van der Waals surface area contributed by atoms with Crippen molar-refractivity contribution in [2.45, 2.75) is 6.92 Å². The summed E-state index contributed by atoms with van der Waals surface area (Å²) in [5.74, 6) is -0.0595. The Hall–Kier alpha value is -1.58. The largest absolute Gasteiger partial charge is 0.350 e. The van der Waals surface area contributed by atoms with Gasteiger partial charge in [0.05, 0.1) is 5.02 Å². The molecule has 0 saturated carbocycles.